The van der Waals surface area contributed by atoms with E-state index in [1.807, 2.05) is 18.2 Å². The van der Waals surface area contributed by atoms with Crippen LogP contribution >= 0.6 is 23.5 Å². The standard InChI is InChI=1S/C11H14ClNO2S/c1-14-8-4-5-9-10(7-8)15-11(16-13-9)3-2-6-12/h4-5,7,11,13H,2-3,6H2,1H3. The molecular formula is C11H14ClNO2S. The van der Waals surface area contributed by atoms with E-state index < -0.39 is 0 Å². The Labute approximate surface area is 105 Å². The molecular weight excluding hydrogens is 246 g/mol. The van der Waals surface area contributed by atoms with Gasteiger partial charge >= 0.3 is 0 Å². The van der Waals surface area contributed by atoms with Gasteiger partial charge < -0.3 is 14.2 Å². The second-order valence-corrected chi connectivity index (χ2v) is 4.80. The maximum Gasteiger partial charge on any atom is 0.163 e. The average Bonchev–Trinajstić information content (AvgIpc) is 2.35. The lowest BCUT2D eigenvalue weighted by Crippen LogP contribution is -2.19. The second-order valence-electron chi connectivity index (χ2n) is 3.46. The first-order valence-corrected chi connectivity index (χ1v) is 6.57. The predicted molar refractivity (Wildman–Crippen MR) is 68.6 cm³/mol. The Kier molecular flexibility index (Phi) is 4.07. The van der Waals surface area contributed by atoms with Crippen molar-refractivity contribution in [1.82, 2.24) is 0 Å². The second kappa shape index (κ2) is 5.55. The van der Waals surface area contributed by atoms with Gasteiger partial charge in [0.25, 0.3) is 0 Å². The van der Waals surface area contributed by atoms with Crippen LogP contribution in [0.3, 0.4) is 0 Å². The highest BCUT2D eigenvalue weighted by Gasteiger charge is 2.20. The number of benzene rings is 1. The van der Waals surface area contributed by atoms with Crippen molar-refractivity contribution in [2.75, 3.05) is 17.7 Å². The van der Waals surface area contributed by atoms with E-state index in [9.17, 15) is 0 Å². The number of ether oxygens (including phenoxy) is 2. The SMILES string of the molecule is COc1ccc2c(c1)OC(CCCCl)SN2. The Morgan fingerprint density at radius 1 is 1.56 bits per heavy atom. The molecule has 2 rings (SSSR count). The van der Waals surface area contributed by atoms with Gasteiger partial charge in [-0.05, 0) is 36.9 Å². The summed E-state index contributed by atoms with van der Waals surface area (Å²) in [6.45, 7) is 0. The monoisotopic (exact) mass is 259 g/mol. The molecule has 1 unspecified atom stereocenters. The largest absolute Gasteiger partial charge is 0.497 e. The molecule has 0 bridgehead atoms. The van der Waals surface area contributed by atoms with Crippen molar-refractivity contribution in [3.8, 4) is 11.5 Å². The molecule has 1 N–H and O–H groups in total. The summed E-state index contributed by atoms with van der Waals surface area (Å²) in [5.41, 5.74) is 1.12. The topological polar surface area (TPSA) is 30.5 Å². The predicted octanol–water partition coefficient (Wildman–Crippen LogP) is 3.49. The third kappa shape index (κ3) is 2.68. The van der Waals surface area contributed by atoms with E-state index in [-0.39, 0.29) is 5.44 Å². The van der Waals surface area contributed by atoms with Gasteiger partial charge in [0, 0.05) is 11.9 Å². The summed E-state index contributed by atoms with van der Waals surface area (Å²) in [7, 11) is 1.65. The molecule has 1 heterocycles. The van der Waals surface area contributed by atoms with Crippen molar-refractivity contribution in [3.63, 3.8) is 0 Å². The number of methoxy groups -OCH3 is 1. The first-order valence-electron chi connectivity index (χ1n) is 5.16. The molecule has 88 valence electrons. The lowest BCUT2D eigenvalue weighted by Gasteiger charge is -2.26. The molecule has 0 fully saturated rings. The third-order valence-corrected chi connectivity index (χ3v) is 3.52. The molecule has 0 amide bonds. The highest BCUT2D eigenvalue weighted by molar-refractivity contribution is 8.01. The normalized spacial score (nSPS) is 18.2. The zero-order chi connectivity index (χ0) is 11.4. The van der Waals surface area contributed by atoms with Gasteiger partial charge in [-0.1, -0.05) is 0 Å². The van der Waals surface area contributed by atoms with Gasteiger partial charge in [0.15, 0.2) is 5.44 Å². The Balaban J connectivity index is 2.06. The van der Waals surface area contributed by atoms with E-state index in [1.165, 1.54) is 0 Å². The summed E-state index contributed by atoms with van der Waals surface area (Å²) >= 11 is 7.25. The summed E-state index contributed by atoms with van der Waals surface area (Å²) in [6.07, 6.45) is 1.90. The quantitative estimate of drug-likeness (QED) is 0.662. The van der Waals surface area contributed by atoms with Crippen molar-refractivity contribution in [1.29, 1.82) is 0 Å². The van der Waals surface area contributed by atoms with Crippen LogP contribution in [0.25, 0.3) is 0 Å². The molecule has 0 aromatic heterocycles. The van der Waals surface area contributed by atoms with E-state index in [0.717, 1.165) is 30.0 Å². The maximum atomic E-state index is 5.84. The van der Waals surface area contributed by atoms with Gasteiger partial charge in [0.2, 0.25) is 0 Å². The Hall–Kier alpha value is -0.740. The highest BCUT2D eigenvalue weighted by atomic mass is 35.5. The molecule has 1 aromatic carbocycles. The van der Waals surface area contributed by atoms with Crippen molar-refractivity contribution >= 4 is 29.2 Å². The molecule has 5 heteroatoms. The molecule has 1 aromatic rings. The molecule has 16 heavy (non-hydrogen) atoms. The Bertz CT molecular complexity index is 362. The lowest BCUT2D eigenvalue weighted by molar-refractivity contribution is 0.273. The minimum absolute atomic E-state index is 0.123. The van der Waals surface area contributed by atoms with Crippen LogP contribution in [0.15, 0.2) is 18.2 Å². The van der Waals surface area contributed by atoms with Gasteiger partial charge in [0.1, 0.15) is 11.5 Å². The first kappa shape index (κ1) is 11.7. The molecule has 3 nitrogen and oxygen atoms in total. The molecule has 0 spiro atoms. The van der Waals surface area contributed by atoms with Crippen LogP contribution in [0.5, 0.6) is 11.5 Å². The van der Waals surface area contributed by atoms with E-state index in [1.54, 1.807) is 19.1 Å². The summed E-state index contributed by atoms with van der Waals surface area (Å²) in [5, 5.41) is 0. The maximum absolute atomic E-state index is 5.84. The number of nitrogens with one attached hydrogen (secondary N) is 1. The molecule has 1 aliphatic rings. The van der Waals surface area contributed by atoms with E-state index >= 15 is 0 Å². The molecule has 0 saturated heterocycles. The molecule has 1 atom stereocenters. The fourth-order valence-electron chi connectivity index (χ4n) is 1.47. The van der Waals surface area contributed by atoms with Crippen LogP contribution in [-0.4, -0.2) is 18.4 Å². The van der Waals surface area contributed by atoms with Crippen LogP contribution in [-0.2, 0) is 0 Å². The van der Waals surface area contributed by atoms with E-state index in [0.29, 0.717) is 5.88 Å². The van der Waals surface area contributed by atoms with Crippen LogP contribution in [0.4, 0.5) is 5.69 Å². The zero-order valence-electron chi connectivity index (χ0n) is 9.03. The first-order chi connectivity index (χ1) is 7.83. The van der Waals surface area contributed by atoms with Gasteiger partial charge in [-0.3, -0.25) is 0 Å². The van der Waals surface area contributed by atoms with E-state index in [2.05, 4.69) is 4.72 Å². The molecule has 0 aliphatic carbocycles. The van der Waals surface area contributed by atoms with Crippen LogP contribution in [0.2, 0.25) is 0 Å². The number of halogens is 1. The molecule has 1 aliphatic heterocycles. The fourth-order valence-corrected chi connectivity index (χ4v) is 2.49. The number of fused-ring (bicyclic) bond motifs is 1. The summed E-state index contributed by atoms with van der Waals surface area (Å²) < 4.78 is 14.3. The minimum Gasteiger partial charge on any atom is -0.497 e. The van der Waals surface area contributed by atoms with Crippen molar-refractivity contribution in [2.24, 2.45) is 0 Å². The minimum atomic E-state index is 0.123. The summed E-state index contributed by atoms with van der Waals surface area (Å²) in [5.74, 6) is 2.33. The molecule has 0 radical (unpaired) electrons. The third-order valence-electron chi connectivity index (χ3n) is 2.32. The Morgan fingerprint density at radius 2 is 2.44 bits per heavy atom. The van der Waals surface area contributed by atoms with Crippen molar-refractivity contribution in [2.45, 2.75) is 18.3 Å². The number of alkyl halides is 1. The van der Waals surface area contributed by atoms with Crippen LogP contribution in [0, 0.1) is 0 Å². The van der Waals surface area contributed by atoms with Crippen LogP contribution < -0.4 is 14.2 Å². The molecule has 0 saturated carbocycles. The fraction of sp³-hybridized carbons (Fsp3) is 0.455. The number of hydrogen-bond acceptors (Lipinski definition) is 4. The van der Waals surface area contributed by atoms with Gasteiger partial charge in [-0.25, -0.2) is 0 Å². The smallest absolute Gasteiger partial charge is 0.163 e. The number of rotatable bonds is 4. The highest BCUT2D eigenvalue weighted by Crippen LogP contribution is 2.38. The van der Waals surface area contributed by atoms with E-state index in [4.69, 9.17) is 21.1 Å². The van der Waals surface area contributed by atoms with Gasteiger partial charge in [-0.2, -0.15) is 0 Å². The summed E-state index contributed by atoms with van der Waals surface area (Å²) in [6, 6.07) is 5.77. The van der Waals surface area contributed by atoms with Crippen molar-refractivity contribution < 1.29 is 9.47 Å². The zero-order valence-corrected chi connectivity index (χ0v) is 10.6. The average molecular weight is 260 g/mol. The van der Waals surface area contributed by atoms with Crippen molar-refractivity contribution in [3.05, 3.63) is 18.2 Å². The number of hydrogen-bond donors (Lipinski definition) is 1. The Morgan fingerprint density at radius 3 is 3.19 bits per heavy atom. The van der Waals surface area contributed by atoms with Crippen LogP contribution in [0.1, 0.15) is 12.8 Å². The number of anilines is 1. The lowest BCUT2D eigenvalue weighted by atomic mass is 10.3. The van der Waals surface area contributed by atoms with Gasteiger partial charge in [0.05, 0.1) is 12.8 Å². The summed E-state index contributed by atoms with van der Waals surface area (Å²) in [4.78, 5) is 0. The van der Waals surface area contributed by atoms with Gasteiger partial charge in [-0.15, -0.1) is 11.6 Å².